The van der Waals surface area contributed by atoms with Crippen molar-refractivity contribution in [3.05, 3.63) is 29.3 Å². The molecule has 0 aliphatic carbocycles. The molecule has 0 fully saturated rings. The Morgan fingerprint density at radius 1 is 1.53 bits per heavy atom. The van der Waals surface area contributed by atoms with Crippen molar-refractivity contribution in [2.24, 2.45) is 0 Å². The zero-order valence-electron chi connectivity index (χ0n) is 9.17. The third-order valence-electron chi connectivity index (χ3n) is 2.14. The van der Waals surface area contributed by atoms with Gasteiger partial charge in [-0.1, -0.05) is 0 Å². The highest BCUT2D eigenvalue weighted by atomic mass is 16.4. The van der Waals surface area contributed by atoms with Gasteiger partial charge in [0.05, 0.1) is 5.56 Å². The quantitative estimate of drug-likeness (QED) is 0.730. The average Bonchev–Trinajstić information content (AvgIpc) is 2.27. The molecule has 0 aliphatic heterocycles. The fourth-order valence-electron chi connectivity index (χ4n) is 1.28. The van der Waals surface area contributed by atoms with Gasteiger partial charge in [-0.25, -0.2) is 0 Å². The van der Waals surface area contributed by atoms with Crippen molar-refractivity contribution in [1.82, 2.24) is 4.90 Å². The van der Waals surface area contributed by atoms with Crippen molar-refractivity contribution in [2.75, 3.05) is 19.3 Å². The molecule has 0 saturated carbocycles. The Balaban J connectivity index is 2.97. The second-order valence-electron chi connectivity index (χ2n) is 3.47. The summed E-state index contributed by atoms with van der Waals surface area (Å²) < 4.78 is 0. The standard InChI is InChI=1S/C11H11N3O3/c1-14(6-10(15)16)11(17)7-2-3-9(13)8(4-7)5-12/h2-4H,6,13H2,1H3,(H,15,16). The van der Waals surface area contributed by atoms with E-state index in [0.29, 0.717) is 0 Å². The molecule has 0 atom stereocenters. The van der Waals surface area contributed by atoms with E-state index in [-0.39, 0.29) is 16.8 Å². The number of nitrogen functional groups attached to an aromatic ring is 1. The Bertz CT molecular complexity index is 505. The minimum absolute atomic E-state index is 0.194. The number of carboxylic acids is 1. The van der Waals surface area contributed by atoms with Gasteiger partial charge in [0.2, 0.25) is 0 Å². The summed E-state index contributed by atoms with van der Waals surface area (Å²) in [6.45, 7) is -0.398. The van der Waals surface area contributed by atoms with Crippen molar-refractivity contribution < 1.29 is 14.7 Å². The molecule has 3 N–H and O–H groups in total. The lowest BCUT2D eigenvalue weighted by Gasteiger charge is -2.14. The van der Waals surface area contributed by atoms with E-state index in [2.05, 4.69) is 0 Å². The van der Waals surface area contributed by atoms with Crippen LogP contribution in [0.1, 0.15) is 15.9 Å². The molecule has 1 aromatic rings. The summed E-state index contributed by atoms with van der Waals surface area (Å²) in [5, 5.41) is 17.3. The Morgan fingerprint density at radius 3 is 2.71 bits per heavy atom. The van der Waals surface area contributed by atoms with Gasteiger partial charge in [-0.15, -0.1) is 0 Å². The number of anilines is 1. The fourth-order valence-corrected chi connectivity index (χ4v) is 1.28. The number of rotatable bonds is 3. The van der Waals surface area contributed by atoms with E-state index in [4.69, 9.17) is 16.1 Å². The van der Waals surface area contributed by atoms with Gasteiger partial charge in [0.25, 0.3) is 5.91 Å². The zero-order chi connectivity index (χ0) is 13.0. The van der Waals surface area contributed by atoms with Crippen LogP contribution in [0.15, 0.2) is 18.2 Å². The van der Waals surface area contributed by atoms with Crippen LogP contribution in [0.5, 0.6) is 0 Å². The van der Waals surface area contributed by atoms with Crippen LogP contribution in [0, 0.1) is 11.3 Å². The number of nitrogens with zero attached hydrogens (tertiary/aromatic N) is 2. The molecule has 0 bridgehead atoms. The molecule has 1 amide bonds. The number of hydrogen-bond acceptors (Lipinski definition) is 4. The van der Waals surface area contributed by atoms with E-state index in [1.807, 2.05) is 6.07 Å². The van der Waals surface area contributed by atoms with Crippen LogP contribution >= 0.6 is 0 Å². The van der Waals surface area contributed by atoms with Crippen LogP contribution in [0.3, 0.4) is 0 Å². The first-order valence-electron chi connectivity index (χ1n) is 4.72. The molecule has 88 valence electrons. The highest BCUT2D eigenvalue weighted by Gasteiger charge is 2.15. The van der Waals surface area contributed by atoms with Gasteiger partial charge in [0.1, 0.15) is 12.6 Å². The smallest absolute Gasteiger partial charge is 0.323 e. The van der Waals surface area contributed by atoms with Crippen molar-refractivity contribution in [3.8, 4) is 6.07 Å². The molecule has 0 aromatic heterocycles. The molecule has 0 saturated heterocycles. The molecule has 0 aliphatic rings. The third kappa shape index (κ3) is 2.95. The first kappa shape index (κ1) is 12.5. The summed E-state index contributed by atoms with van der Waals surface area (Å²) in [5.74, 6) is -1.57. The van der Waals surface area contributed by atoms with Gasteiger partial charge in [-0.2, -0.15) is 5.26 Å². The van der Waals surface area contributed by atoms with Crippen molar-refractivity contribution in [1.29, 1.82) is 5.26 Å². The average molecular weight is 233 g/mol. The molecule has 1 aromatic carbocycles. The minimum atomic E-state index is -1.10. The number of nitrogens with two attached hydrogens (primary N) is 1. The summed E-state index contributed by atoms with van der Waals surface area (Å²) in [5.41, 5.74) is 6.23. The zero-order valence-corrected chi connectivity index (χ0v) is 9.17. The van der Waals surface area contributed by atoms with E-state index in [1.54, 1.807) is 0 Å². The van der Waals surface area contributed by atoms with Gasteiger partial charge in [-0.05, 0) is 18.2 Å². The number of aliphatic carboxylic acids is 1. The molecular formula is C11H11N3O3. The van der Waals surface area contributed by atoms with Gasteiger partial charge in [0.15, 0.2) is 0 Å². The van der Waals surface area contributed by atoms with Gasteiger partial charge >= 0.3 is 5.97 Å². The predicted octanol–water partition coefficient (Wildman–Crippen LogP) is 0.297. The lowest BCUT2D eigenvalue weighted by atomic mass is 10.1. The van der Waals surface area contributed by atoms with E-state index in [0.717, 1.165) is 4.90 Å². The van der Waals surface area contributed by atoms with E-state index in [1.165, 1.54) is 25.2 Å². The number of nitriles is 1. The summed E-state index contributed by atoms with van der Waals surface area (Å²) in [7, 11) is 1.37. The molecule has 1 rings (SSSR count). The number of carboxylic acid groups (broad SMARTS) is 1. The molecular weight excluding hydrogens is 222 g/mol. The lowest BCUT2D eigenvalue weighted by molar-refractivity contribution is -0.137. The number of hydrogen-bond donors (Lipinski definition) is 2. The van der Waals surface area contributed by atoms with Gasteiger partial charge in [0, 0.05) is 18.3 Å². The largest absolute Gasteiger partial charge is 0.480 e. The highest BCUT2D eigenvalue weighted by Crippen LogP contribution is 2.14. The van der Waals surface area contributed by atoms with E-state index >= 15 is 0 Å². The van der Waals surface area contributed by atoms with Crippen LogP contribution in [0.4, 0.5) is 5.69 Å². The Hall–Kier alpha value is -2.55. The SMILES string of the molecule is CN(CC(=O)O)C(=O)c1ccc(N)c(C#N)c1. The van der Waals surface area contributed by atoms with Crippen LogP contribution in [0.2, 0.25) is 0 Å². The number of carbonyl (C=O) groups is 2. The maximum Gasteiger partial charge on any atom is 0.323 e. The summed E-state index contributed by atoms with van der Waals surface area (Å²) >= 11 is 0. The second-order valence-corrected chi connectivity index (χ2v) is 3.47. The van der Waals surface area contributed by atoms with Gasteiger partial charge in [-0.3, -0.25) is 9.59 Å². The Labute approximate surface area is 97.9 Å². The van der Waals surface area contributed by atoms with E-state index < -0.39 is 18.4 Å². The highest BCUT2D eigenvalue weighted by molar-refractivity contribution is 5.96. The maximum atomic E-state index is 11.8. The third-order valence-corrected chi connectivity index (χ3v) is 2.14. The van der Waals surface area contributed by atoms with Crippen molar-refractivity contribution in [2.45, 2.75) is 0 Å². The molecule has 0 radical (unpaired) electrons. The molecule has 0 unspecified atom stereocenters. The number of benzene rings is 1. The van der Waals surface area contributed by atoms with Gasteiger partial charge < -0.3 is 15.7 Å². The normalized spacial score (nSPS) is 9.41. The number of likely N-dealkylation sites (N-methyl/N-ethyl adjacent to an activating group) is 1. The van der Waals surface area contributed by atoms with Crippen LogP contribution in [-0.4, -0.2) is 35.5 Å². The van der Waals surface area contributed by atoms with Crippen molar-refractivity contribution >= 4 is 17.6 Å². The fraction of sp³-hybridized carbons (Fsp3) is 0.182. The molecule has 0 spiro atoms. The summed E-state index contributed by atoms with van der Waals surface area (Å²) in [4.78, 5) is 23.3. The van der Waals surface area contributed by atoms with Crippen molar-refractivity contribution in [3.63, 3.8) is 0 Å². The topological polar surface area (TPSA) is 107 Å². The molecule has 0 heterocycles. The maximum absolute atomic E-state index is 11.8. The molecule has 6 nitrogen and oxygen atoms in total. The second kappa shape index (κ2) is 4.99. The lowest BCUT2D eigenvalue weighted by Crippen LogP contribution is -2.31. The minimum Gasteiger partial charge on any atom is -0.480 e. The monoisotopic (exact) mass is 233 g/mol. The number of carbonyl (C=O) groups excluding carboxylic acids is 1. The first-order chi connectivity index (χ1) is 7.95. The Kier molecular flexibility index (Phi) is 3.67. The summed E-state index contributed by atoms with van der Waals surface area (Å²) in [6, 6.07) is 6.10. The summed E-state index contributed by atoms with van der Waals surface area (Å²) in [6.07, 6.45) is 0. The molecule has 17 heavy (non-hydrogen) atoms. The van der Waals surface area contributed by atoms with Crippen LogP contribution < -0.4 is 5.73 Å². The number of amides is 1. The first-order valence-corrected chi connectivity index (χ1v) is 4.72. The van der Waals surface area contributed by atoms with Crippen LogP contribution in [-0.2, 0) is 4.79 Å². The Morgan fingerprint density at radius 2 is 2.18 bits per heavy atom. The van der Waals surface area contributed by atoms with Crippen LogP contribution in [0.25, 0.3) is 0 Å². The predicted molar refractivity (Wildman–Crippen MR) is 60.2 cm³/mol. The molecule has 6 heteroatoms. The van der Waals surface area contributed by atoms with E-state index in [9.17, 15) is 9.59 Å².